The zero-order valence-corrected chi connectivity index (χ0v) is 22.7. The number of hydrogen-bond donors (Lipinski definition) is 1. The molecule has 1 amide bonds. The summed E-state index contributed by atoms with van der Waals surface area (Å²) >= 11 is 0. The molecular weight excluding hydrogens is 506 g/mol. The van der Waals surface area contributed by atoms with Crippen molar-refractivity contribution in [3.05, 3.63) is 53.1 Å². The molecule has 0 aliphatic rings. The van der Waals surface area contributed by atoms with Gasteiger partial charge < -0.3 is 23.7 Å². The Kier molecular flexibility index (Phi) is 12.6. The summed E-state index contributed by atoms with van der Waals surface area (Å²) in [5, 5.41) is 11.3. The Balaban J connectivity index is 1.65. The summed E-state index contributed by atoms with van der Waals surface area (Å²) in [5.74, 6) is -0.0837. The molecule has 0 aromatic heterocycles. The molecule has 0 spiro atoms. The van der Waals surface area contributed by atoms with Crippen molar-refractivity contribution < 1.29 is 38.1 Å². The summed E-state index contributed by atoms with van der Waals surface area (Å²) in [6.07, 6.45) is 1.30. The van der Waals surface area contributed by atoms with Crippen molar-refractivity contribution in [1.29, 1.82) is 5.26 Å². The molecule has 1 N–H and O–H groups in total. The molecule has 0 aliphatic heterocycles. The third-order valence-corrected chi connectivity index (χ3v) is 5.39. The van der Waals surface area contributed by atoms with Crippen LogP contribution in [0, 0.1) is 25.4 Å². The number of anilines is 1. The van der Waals surface area contributed by atoms with Gasteiger partial charge >= 0.3 is 12.1 Å². The van der Waals surface area contributed by atoms with E-state index in [1.54, 1.807) is 57.4 Å². The normalized spacial score (nSPS) is 12.7. The summed E-state index contributed by atoms with van der Waals surface area (Å²) in [7, 11) is 0. The van der Waals surface area contributed by atoms with Gasteiger partial charge in [-0.15, -0.1) is 5.26 Å². The molecule has 39 heavy (non-hydrogen) atoms. The van der Waals surface area contributed by atoms with Crippen LogP contribution in [0.1, 0.15) is 37.5 Å². The summed E-state index contributed by atoms with van der Waals surface area (Å²) < 4.78 is 26.8. The zero-order valence-electron chi connectivity index (χ0n) is 22.7. The quantitative estimate of drug-likeness (QED) is 0.157. The largest absolute Gasteiger partial charge is 0.460 e. The van der Waals surface area contributed by atoms with E-state index in [2.05, 4.69) is 10.3 Å². The van der Waals surface area contributed by atoms with E-state index in [1.165, 1.54) is 12.1 Å². The first-order valence-electron chi connectivity index (χ1n) is 12.3. The number of hydrogen-bond acceptors (Lipinski definition) is 10. The fourth-order valence-corrected chi connectivity index (χ4v) is 3.28. The highest BCUT2D eigenvalue weighted by Crippen LogP contribution is 2.23. The number of carbonyl (C=O) groups excluding carboxylic acids is 3. The summed E-state index contributed by atoms with van der Waals surface area (Å²) in [5.41, 5.74) is 3.13. The Morgan fingerprint density at radius 1 is 0.949 bits per heavy atom. The Hall–Kier alpha value is -4.23. The predicted molar refractivity (Wildman–Crippen MR) is 141 cm³/mol. The van der Waals surface area contributed by atoms with Gasteiger partial charge in [0.15, 0.2) is 0 Å². The second kappa shape index (κ2) is 15.9. The lowest BCUT2D eigenvalue weighted by Crippen LogP contribution is -2.28. The maximum absolute atomic E-state index is 12.3. The van der Waals surface area contributed by atoms with E-state index in [-0.39, 0.29) is 32.3 Å². The first-order valence-corrected chi connectivity index (χ1v) is 12.3. The number of nitrogens with zero attached hydrogens (tertiary/aromatic N) is 2. The minimum Gasteiger partial charge on any atom is -0.460 e. The Labute approximate surface area is 227 Å². The smallest absolute Gasteiger partial charge is 0.411 e. The van der Waals surface area contributed by atoms with Crippen LogP contribution >= 0.6 is 0 Å². The van der Waals surface area contributed by atoms with Gasteiger partial charge in [0.2, 0.25) is 6.08 Å². The van der Waals surface area contributed by atoms with Gasteiger partial charge in [0.05, 0.1) is 37.5 Å². The third-order valence-electron chi connectivity index (χ3n) is 5.39. The van der Waals surface area contributed by atoms with Crippen molar-refractivity contribution in [1.82, 2.24) is 0 Å². The Bertz CT molecular complexity index is 1220. The van der Waals surface area contributed by atoms with E-state index in [9.17, 15) is 14.4 Å². The minimum absolute atomic E-state index is 0.0128. The van der Waals surface area contributed by atoms with Crippen LogP contribution in [0.15, 0.2) is 41.4 Å². The van der Waals surface area contributed by atoms with Crippen LogP contribution in [-0.2, 0) is 35.0 Å². The van der Waals surface area contributed by atoms with E-state index in [4.69, 9.17) is 28.9 Å². The van der Waals surface area contributed by atoms with Gasteiger partial charge in [-0.3, -0.25) is 10.1 Å². The molecule has 11 nitrogen and oxygen atoms in total. The number of aliphatic imine (C=N–C) groups is 1. The van der Waals surface area contributed by atoms with Gasteiger partial charge in [-0.25, -0.2) is 9.59 Å². The number of aryl methyl sites for hydroxylation is 2. The van der Waals surface area contributed by atoms with E-state index in [1.807, 2.05) is 13.8 Å². The fourth-order valence-electron chi connectivity index (χ4n) is 3.28. The first kappa shape index (κ1) is 31.0. The van der Waals surface area contributed by atoms with E-state index >= 15 is 0 Å². The molecule has 0 heterocycles. The standard InChI is InChI=1S/C28H33N3O8/c1-18-6-8-23(10-25(18)30-17-32)11-27(33)39-22(5)15-36-20(3)13-35-21(4)14-37-28(34)31-24-9-7-19(2)26(12-24)38-16-29/h6-10,12,20-22H,11,13-15H2,1-5H3,(H,31,34). The number of isocyanates is 1. The highest BCUT2D eigenvalue weighted by Gasteiger charge is 2.15. The molecule has 2 aromatic rings. The lowest BCUT2D eigenvalue weighted by Gasteiger charge is -2.20. The van der Waals surface area contributed by atoms with Gasteiger partial charge in [0.1, 0.15) is 18.5 Å². The van der Waals surface area contributed by atoms with Crippen LogP contribution in [0.2, 0.25) is 0 Å². The number of nitrogens with one attached hydrogen (secondary N) is 1. The van der Waals surface area contributed by atoms with Gasteiger partial charge in [0, 0.05) is 11.8 Å². The van der Waals surface area contributed by atoms with Crippen LogP contribution < -0.4 is 10.1 Å². The maximum atomic E-state index is 12.3. The van der Waals surface area contributed by atoms with Crippen LogP contribution in [0.5, 0.6) is 5.75 Å². The van der Waals surface area contributed by atoms with Crippen molar-refractivity contribution in [2.45, 2.75) is 59.4 Å². The molecule has 208 valence electrons. The van der Waals surface area contributed by atoms with Gasteiger partial charge in [-0.05, 0) is 63.4 Å². The van der Waals surface area contributed by atoms with Crippen molar-refractivity contribution >= 4 is 29.5 Å². The average molecular weight is 540 g/mol. The molecule has 11 heteroatoms. The molecule has 0 fully saturated rings. The highest BCUT2D eigenvalue weighted by atomic mass is 16.6. The molecule has 3 unspecified atom stereocenters. The molecule has 0 aliphatic carbocycles. The molecule has 3 atom stereocenters. The van der Waals surface area contributed by atoms with Gasteiger partial charge in [-0.1, -0.05) is 18.2 Å². The number of carbonyl (C=O) groups is 2. The number of rotatable bonds is 14. The molecular formula is C28H33N3O8. The van der Waals surface area contributed by atoms with Crippen molar-refractivity contribution in [2.75, 3.05) is 25.1 Å². The van der Waals surface area contributed by atoms with Crippen LogP contribution in [-0.4, -0.2) is 56.3 Å². The molecule has 0 bridgehead atoms. The molecule has 0 saturated heterocycles. The van der Waals surface area contributed by atoms with E-state index in [0.717, 1.165) is 11.1 Å². The van der Waals surface area contributed by atoms with Crippen LogP contribution in [0.3, 0.4) is 0 Å². The third kappa shape index (κ3) is 11.4. The number of esters is 1. The van der Waals surface area contributed by atoms with Gasteiger partial charge in [0.25, 0.3) is 6.26 Å². The summed E-state index contributed by atoms with van der Waals surface area (Å²) in [4.78, 5) is 38.5. The van der Waals surface area contributed by atoms with Gasteiger partial charge in [-0.2, -0.15) is 4.99 Å². The zero-order chi connectivity index (χ0) is 28.8. The van der Waals surface area contributed by atoms with Crippen LogP contribution in [0.25, 0.3) is 0 Å². The minimum atomic E-state index is -0.671. The molecule has 2 rings (SSSR count). The van der Waals surface area contributed by atoms with Crippen LogP contribution in [0.4, 0.5) is 16.2 Å². The van der Waals surface area contributed by atoms with Crippen molar-refractivity contribution in [3.8, 4) is 12.0 Å². The lowest BCUT2D eigenvalue weighted by atomic mass is 10.1. The number of benzene rings is 2. The second-order valence-corrected chi connectivity index (χ2v) is 8.99. The highest BCUT2D eigenvalue weighted by molar-refractivity contribution is 5.85. The van der Waals surface area contributed by atoms with Crippen molar-refractivity contribution in [3.63, 3.8) is 0 Å². The number of amides is 1. The SMILES string of the molecule is Cc1ccc(CC(=O)OC(C)COC(C)COC(C)COC(=O)Nc2ccc(C)c(OC#N)c2)cc1N=C=O. The fraction of sp³-hybridized carbons (Fsp3) is 0.429. The molecule has 0 radical (unpaired) electrons. The van der Waals surface area contributed by atoms with E-state index < -0.39 is 24.3 Å². The topological polar surface area (TPSA) is 146 Å². The van der Waals surface area contributed by atoms with Crippen molar-refractivity contribution in [2.24, 2.45) is 4.99 Å². The van der Waals surface area contributed by atoms with E-state index in [0.29, 0.717) is 22.7 Å². The average Bonchev–Trinajstić information content (AvgIpc) is 2.89. The first-order chi connectivity index (χ1) is 18.6. The molecule has 0 saturated carbocycles. The predicted octanol–water partition coefficient (Wildman–Crippen LogP) is 4.66. The number of nitriles is 1. The number of ether oxygens (including phenoxy) is 5. The molecule has 2 aromatic carbocycles. The second-order valence-electron chi connectivity index (χ2n) is 8.99. The maximum Gasteiger partial charge on any atom is 0.411 e. The monoisotopic (exact) mass is 539 g/mol. The lowest BCUT2D eigenvalue weighted by molar-refractivity contribution is -0.152. The summed E-state index contributed by atoms with van der Waals surface area (Å²) in [6, 6.07) is 10.1. The Morgan fingerprint density at radius 3 is 2.31 bits per heavy atom. The Morgan fingerprint density at radius 2 is 1.62 bits per heavy atom. The summed E-state index contributed by atoms with van der Waals surface area (Å²) in [6.45, 7) is 9.31.